The molecule has 0 spiro atoms. The van der Waals surface area contributed by atoms with E-state index in [1.807, 2.05) is 0 Å². The summed E-state index contributed by atoms with van der Waals surface area (Å²) >= 11 is 1.11. The first kappa shape index (κ1) is 11.5. The fraction of sp³-hybridized carbons (Fsp3) is 0.286. The van der Waals surface area contributed by atoms with Crippen LogP contribution in [0.2, 0.25) is 0 Å². The van der Waals surface area contributed by atoms with Crippen LogP contribution in [0.25, 0.3) is 0 Å². The molecular formula is C7H7ClO4S2. The number of carboxylic acids is 1. The van der Waals surface area contributed by atoms with Gasteiger partial charge in [-0.3, -0.25) is 0 Å². The lowest BCUT2D eigenvalue weighted by atomic mass is 10.2. The Labute approximate surface area is 89.6 Å². The zero-order valence-corrected chi connectivity index (χ0v) is 9.76. The first-order chi connectivity index (χ1) is 6.25. The molecule has 0 saturated carbocycles. The van der Waals surface area contributed by atoms with Gasteiger partial charge in [0, 0.05) is 20.4 Å². The quantitative estimate of drug-likeness (QED) is 0.820. The first-order valence-corrected chi connectivity index (χ1v) is 6.65. The third kappa shape index (κ3) is 1.92. The molecule has 4 nitrogen and oxygen atoms in total. The number of thiophene rings is 1. The number of aryl methyl sites for hydroxylation is 2. The number of rotatable bonds is 2. The molecule has 7 heteroatoms. The maximum atomic E-state index is 11.1. The van der Waals surface area contributed by atoms with E-state index >= 15 is 0 Å². The molecule has 0 aliphatic heterocycles. The van der Waals surface area contributed by atoms with E-state index < -0.39 is 15.0 Å². The van der Waals surface area contributed by atoms with Gasteiger partial charge in [0.1, 0.15) is 4.90 Å². The molecule has 0 aliphatic rings. The summed E-state index contributed by atoms with van der Waals surface area (Å²) < 4.78 is 22.2. The van der Waals surface area contributed by atoms with Crippen LogP contribution in [-0.2, 0) is 9.05 Å². The van der Waals surface area contributed by atoms with Crippen molar-refractivity contribution in [1.82, 2.24) is 0 Å². The van der Waals surface area contributed by atoms with Gasteiger partial charge in [-0.25, -0.2) is 13.2 Å². The van der Waals surface area contributed by atoms with Crippen molar-refractivity contribution in [3.05, 3.63) is 15.3 Å². The van der Waals surface area contributed by atoms with Gasteiger partial charge < -0.3 is 5.11 Å². The van der Waals surface area contributed by atoms with Crippen LogP contribution in [0.5, 0.6) is 0 Å². The molecule has 14 heavy (non-hydrogen) atoms. The number of halogens is 1. The summed E-state index contributed by atoms with van der Waals surface area (Å²) in [6.07, 6.45) is 0. The van der Waals surface area contributed by atoms with Crippen molar-refractivity contribution in [2.75, 3.05) is 0 Å². The topological polar surface area (TPSA) is 71.4 Å². The van der Waals surface area contributed by atoms with Gasteiger partial charge in [-0.1, -0.05) is 0 Å². The molecular weight excluding hydrogens is 248 g/mol. The van der Waals surface area contributed by atoms with Crippen molar-refractivity contribution in [1.29, 1.82) is 0 Å². The third-order valence-corrected chi connectivity index (χ3v) is 4.27. The highest BCUT2D eigenvalue weighted by Gasteiger charge is 2.27. The average Bonchev–Trinajstić information content (AvgIpc) is 2.23. The molecule has 0 saturated heterocycles. The highest BCUT2D eigenvalue weighted by Crippen LogP contribution is 2.33. The van der Waals surface area contributed by atoms with Crippen LogP contribution in [0.4, 0.5) is 0 Å². The van der Waals surface area contributed by atoms with E-state index in [-0.39, 0.29) is 10.5 Å². The highest BCUT2D eigenvalue weighted by atomic mass is 35.7. The fourth-order valence-electron chi connectivity index (χ4n) is 1.20. The second-order valence-electron chi connectivity index (χ2n) is 2.66. The predicted molar refractivity (Wildman–Crippen MR) is 53.8 cm³/mol. The van der Waals surface area contributed by atoms with Crippen LogP contribution in [-0.4, -0.2) is 19.5 Å². The second-order valence-corrected chi connectivity index (χ2v) is 6.59. The van der Waals surface area contributed by atoms with Crippen molar-refractivity contribution in [2.45, 2.75) is 18.7 Å². The van der Waals surface area contributed by atoms with Gasteiger partial charge in [-0.2, -0.15) is 0 Å². The first-order valence-electron chi connectivity index (χ1n) is 3.53. The Morgan fingerprint density at radius 1 is 1.36 bits per heavy atom. The molecule has 1 aromatic heterocycles. The Morgan fingerprint density at radius 2 is 1.86 bits per heavy atom. The molecule has 0 amide bonds. The van der Waals surface area contributed by atoms with Crippen molar-refractivity contribution in [2.24, 2.45) is 0 Å². The SMILES string of the molecule is Cc1sc(C)c(S(=O)(=O)Cl)c1C(=O)O. The van der Waals surface area contributed by atoms with E-state index in [1.165, 1.54) is 6.92 Å². The summed E-state index contributed by atoms with van der Waals surface area (Å²) in [5.41, 5.74) is -0.220. The Balaban J connectivity index is 3.65. The normalized spacial score (nSPS) is 11.6. The molecule has 0 atom stereocenters. The van der Waals surface area contributed by atoms with Crippen molar-refractivity contribution in [3.8, 4) is 0 Å². The Kier molecular flexibility index (Phi) is 2.89. The Morgan fingerprint density at radius 3 is 2.14 bits per heavy atom. The lowest BCUT2D eigenvalue weighted by Crippen LogP contribution is -2.04. The molecule has 0 aromatic carbocycles. The van der Waals surface area contributed by atoms with E-state index in [9.17, 15) is 13.2 Å². The van der Waals surface area contributed by atoms with Gasteiger partial charge in [0.25, 0.3) is 9.05 Å². The van der Waals surface area contributed by atoms with Crippen molar-refractivity contribution >= 4 is 37.0 Å². The monoisotopic (exact) mass is 254 g/mol. The molecule has 0 bridgehead atoms. The lowest BCUT2D eigenvalue weighted by Gasteiger charge is -1.97. The summed E-state index contributed by atoms with van der Waals surface area (Å²) in [4.78, 5) is 11.3. The molecule has 0 unspecified atom stereocenters. The zero-order valence-electron chi connectivity index (χ0n) is 7.37. The largest absolute Gasteiger partial charge is 0.478 e. The highest BCUT2D eigenvalue weighted by molar-refractivity contribution is 8.14. The van der Waals surface area contributed by atoms with Gasteiger partial charge in [0.2, 0.25) is 0 Å². The molecule has 1 heterocycles. The third-order valence-electron chi connectivity index (χ3n) is 1.66. The number of hydrogen-bond donors (Lipinski definition) is 1. The Hall–Kier alpha value is -0.590. The number of aromatic carboxylic acids is 1. The Bertz CT molecular complexity index is 486. The molecule has 0 radical (unpaired) electrons. The van der Waals surface area contributed by atoms with Crippen LogP contribution in [0.15, 0.2) is 4.90 Å². The zero-order chi connectivity index (χ0) is 11.1. The standard InChI is InChI=1S/C7H7ClO4S2/c1-3-5(7(9)10)6(4(2)13-3)14(8,11)12/h1-2H3,(H,9,10). The van der Waals surface area contributed by atoms with Crippen molar-refractivity contribution < 1.29 is 18.3 Å². The van der Waals surface area contributed by atoms with Gasteiger partial charge in [0.05, 0.1) is 5.56 Å². The number of carbonyl (C=O) groups is 1. The summed E-state index contributed by atoms with van der Waals surface area (Å²) in [6, 6.07) is 0. The number of hydrogen-bond acceptors (Lipinski definition) is 4. The average molecular weight is 255 g/mol. The van der Waals surface area contributed by atoms with Crippen LogP contribution in [0.1, 0.15) is 20.1 Å². The van der Waals surface area contributed by atoms with Crippen LogP contribution < -0.4 is 0 Å². The summed E-state index contributed by atoms with van der Waals surface area (Å²) in [5.74, 6) is -1.27. The second kappa shape index (κ2) is 3.52. The van der Waals surface area contributed by atoms with E-state index in [0.717, 1.165) is 11.3 Å². The lowest BCUT2D eigenvalue weighted by molar-refractivity contribution is 0.0692. The molecule has 78 valence electrons. The summed E-state index contributed by atoms with van der Waals surface area (Å²) in [6.45, 7) is 3.08. The minimum Gasteiger partial charge on any atom is -0.478 e. The van der Waals surface area contributed by atoms with Gasteiger partial charge in [0.15, 0.2) is 0 Å². The summed E-state index contributed by atoms with van der Waals surface area (Å²) in [7, 11) is 1.16. The van der Waals surface area contributed by atoms with E-state index in [4.69, 9.17) is 15.8 Å². The molecule has 0 fully saturated rings. The smallest absolute Gasteiger partial charge is 0.338 e. The maximum Gasteiger partial charge on any atom is 0.338 e. The van der Waals surface area contributed by atoms with Gasteiger partial charge >= 0.3 is 5.97 Å². The fourth-order valence-corrected chi connectivity index (χ4v) is 4.21. The van der Waals surface area contributed by atoms with E-state index in [2.05, 4.69) is 0 Å². The van der Waals surface area contributed by atoms with Crippen LogP contribution in [0.3, 0.4) is 0 Å². The van der Waals surface area contributed by atoms with E-state index in [1.54, 1.807) is 6.92 Å². The molecule has 1 rings (SSSR count). The summed E-state index contributed by atoms with van der Waals surface area (Å²) in [5, 5.41) is 8.81. The van der Waals surface area contributed by atoms with Crippen molar-refractivity contribution in [3.63, 3.8) is 0 Å². The van der Waals surface area contributed by atoms with Crippen LogP contribution in [0, 0.1) is 13.8 Å². The number of carboxylic acid groups (broad SMARTS) is 1. The minimum absolute atomic E-state index is 0.220. The van der Waals surface area contributed by atoms with Crippen LogP contribution >= 0.6 is 22.0 Å². The maximum absolute atomic E-state index is 11.1. The van der Waals surface area contributed by atoms with Gasteiger partial charge in [-0.05, 0) is 13.8 Å². The minimum atomic E-state index is -3.99. The molecule has 1 N–H and O–H groups in total. The van der Waals surface area contributed by atoms with E-state index in [0.29, 0.717) is 9.75 Å². The van der Waals surface area contributed by atoms with Gasteiger partial charge in [-0.15, -0.1) is 11.3 Å². The molecule has 0 aliphatic carbocycles. The molecule has 1 aromatic rings. The predicted octanol–water partition coefficient (Wildman–Crippen LogP) is 1.99.